The lowest BCUT2D eigenvalue weighted by atomic mass is 10.1. The van der Waals surface area contributed by atoms with Crippen LogP contribution < -0.4 is 4.74 Å². The number of methoxy groups -OCH3 is 1. The zero-order valence-corrected chi connectivity index (χ0v) is 9.46. The van der Waals surface area contributed by atoms with Gasteiger partial charge >= 0.3 is 0 Å². The van der Waals surface area contributed by atoms with Crippen LogP contribution in [0, 0.1) is 20.8 Å². The van der Waals surface area contributed by atoms with Gasteiger partial charge in [-0.05, 0) is 38.5 Å². The number of fused-ring (bicyclic) bond motifs is 1. The molecular weight excluding hydrogens is 188 g/mol. The van der Waals surface area contributed by atoms with E-state index in [1.54, 1.807) is 7.11 Å². The van der Waals surface area contributed by atoms with E-state index in [1.165, 1.54) is 0 Å². The fourth-order valence-corrected chi connectivity index (χ4v) is 1.78. The Morgan fingerprint density at radius 3 is 2.47 bits per heavy atom. The Kier molecular flexibility index (Phi) is 2.31. The number of hydrogen-bond acceptors (Lipinski definition) is 3. The number of aryl methyl sites for hydroxylation is 3. The van der Waals surface area contributed by atoms with Crippen molar-refractivity contribution in [3.63, 3.8) is 0 Å². The van der Waals surface area contributed by atoms with E-state index in [0.29, 0.717) is 0 Å². The van der Waals surface area contributed by atoms with E-state index in [4.69, 9.17) is 4.74 Å². The normalized spacial score (nSPS) is 10.7. The van der Waals surface area contributed by atoms with Crippen LogP contribution >= 0.6 is 0 Å². The molecule has 3 nitrogen and oxygen atoms in total. The maximum absolute atomic E-state index is 5.28. The fraction of sp³-hybridized carbons (Fsp3) is 0.333. The summed E-state index contributed by atoms with van der Waals surface area (Å²) in [7, 11) is 1.68. The fourth-order valence-electron chi connectivity index (χ4n) is 1.78. The highest BCUT2D eigenvalue weighted by atomic mass is 16.5. The topological polar surface area (TPSA) is 35.0 Å². The van der Waals surface area contributed by atoms with Crippen LogP contribution in [0.4, 0.5) is 0 Å². The van der Waals surface area contributed by atoms with Gasteiger partial charge in [0.15, 0.2) is 0 Å². The van der Waals surface area contributed by atoms with Gasteiger partial charge in [-0.15, -0.1) is 0 Å². The van der Waals surface area contributed by atoms with Crippen molar-refractivity contribution in [1.82, 2.24) is 9.97 Å². The molecule has 0 aliphatic heterocycles. The molecule has 1 aromatic carbocycles. The van der Waals surface area contributed by atoms with Gasteiger partial charge in [0.05, 0.1) is 12.6 Å². The summed E-state index contributed by atoms with van der Waals surface area (Å²) >= 11 is 0. The van der Waals surface area contributed by atoms with Gasteiger partial charge < -0.3 is 4.74 Å². The van der Waals surface area contributed by atoms with Crippen LogP contribution in [0.2, 0.25) is 0 Å². The molecule has 0 atom stereocenters. The first kappa shape index (κ1) is 9.90. The second-order valence-electron chi connectivity index (χ2n) is 3.70. The third-order valence-electron chi connectivity index (χ3n) is 2.51. The number of aromatic nitrogens is 2. The summed E-state index contributed by atoms with van der Waals surface area (Å²) in [6, 6.07) is 4.04. The quantitative estimate of drug-likeness (QED) is 0.712. The minimum atomic E-state index is 0.810. The van der Waals surface area contributed by atoms with Crippen LogP contribution in [-0.2, 0) is 0 Å². The zero-order chi connectivity index (χ0) is 11.0. The van der Waals surface area contributed by atoms with Crippen molar-refractivity contribution in [2.24, 2.45) is 0 Å². The summed E-state index contributed by atoms with van der Waals surface area (Å²) < 4.78 is 5.28. The van der Waals surface area contributed by atoms with Crippen molar-refractivity contribution in [3.8, 4) is 5.75 Å². The van der Waals surface area contributed by atoms with E-state index in [-0.39, 0.29) is 0 Å². The van der Waals surface area contributed by atoms with Crippen molar-refractivity contribution < 1.29 is 4.74 Å². The number of ether oxygens (including phenoxy) is 1. The van der Waals surface area contributed by atoms with Gasteiger partial charge in [0.2, 0.25) is 0 Å². The Morgan fingerprint density at radius 2 is 1.80 bits per heavy atom. The highest BCUT2D eigenvalue weighted by Gasteiger charge is 2.06. The Morgan fingerprint density at radius 1 is 1.07 bits per heavy atom. The second-order valence-corrected chi connectivity index (χ2v) is 3.70. The highest BCUT2D eigenvalue weighted by Crippen LogP contribution is 2.25. The third-order valence-corrected chi connectivity index (χ3v) is 2.51. The van der Waals surface area contributed by atoms with Crippen LogP contribution in [-0.4, -0.2) is 17.1 Å². The molecule has 0 unspecified atom stereocenters. The van der Waals surface area contributed by atoms with Crippen molar-refractivity contribution in [3.05, 3.63) is 29.2 Å². The van der Waals surface area contributed by atoms with Gasteiger partial charge in [-0.2, -0.15) is 0 Å². The molecule has 0 aliphatic carbocycles. The minimum Gasteiger partial charge on any atom is -0.496 e. The molecule has 3 heteroatoms. The first-order valence-electron chi connectivity index (χ1n) is 4.91. The standard InChI is InChI=1S/C12H14N2O/c1-7-5-11-10(6-12(7)15-4)8(2)13-9(3)14-11/h5-6H,1-4H3. The molecule has 1 aromatic heterocycles. The van der Waals surface area contributed by atoms with E-state index in [2.05, 4.69) is 9.97 Å². The number of benzene rings is 1. The lowest BCUT2D eigenvalue weighted by Crippen LogP contribution is -1.95. The highest BCUT2D eigenvalue weighted by molar-refractivity contribution is 5.83. The Hall–Kier alpha value is -1.64. The predicted octanol–water partition coefficient (Wildman–Crippen LogP) is 2.56. The monoisotopic (exact) mass is 202 g/mol. The Bertz CT molecular complexity index is 521. The lowest BCUT2D eigenvalue weighted by Gasteiger charge is -2.08. The van der Waals surface area contributed by atoms with Gasteiger partial charge in [0.1, 0.15) is 11.6 Å². The number of rotatable bonds is 1. The summed E-state index contributed by atoms with van der Waals surface area (Å²) in [6.07, 6.45) is 0. The van der Waals surface area contributed by atoms with Crippen LogP contribution in [0.25, 0.3) is 10.9 Å². The van der Waals surface area contributed by atoms with Crippen molar-refractivity contribution >= 4 is 10.9 Å². The average molecular weight is 202 g/mol. The smallest absolute Gasteiger partial charge is 0.126 e. The summed E-state index contributed by atoms with van der Waals surface area (Å²) in [6.45, 7) is 5.92. The van der Waals surface area contributed by atoms with Crippen LogP contribution in [0.1, 0.15) is 17.1 Å². The summed E-state index contributed by atoms with van der Waals surface area (Å²) in [5, 5.41) is 1.06. The van der Waals surface area contributed by atoms with Gasteiger partial charge in [-0.25, -0.2) is 9.97 Å². The predicted molar refractivity (Wildman–Crippen MR) is 60.3 cm³/mol. The maximum Gasteiger partial charge on any atom is 0.126 e. The van der Waals surface area contributed by atoms with E-state index < -0.39 is 0 Å². The molecule has 0 radical (unpaired) electrons. The molecule has 0 fully saturated rings. The van der Waals surface area contributed by atoms with Crippen LogP contribution in [0.5, 0.6) is 5.75 Å². The van der Waals surface area contributed by atoms with Crippen molar-refractivity contribution in [2.45, 2.75) is 20.8 Å². The first-order valence-corrected chi connectivity index (χ1v) is 4.91. The van der Waals surface area contributed by atoms with Crippen molar-refractivity contribution in [1.29, 1.82) is 0 Å². The van der Waals surface area contributed by atoms with E-state index in [9.17, 15) is 0 Å². The Balaban J connectivity index is 2.81. The molecular formula is C12H14N2O. The molecule has 0 bridgehead atoms. The van der Waals surface area contributed by atoms with Gasteiger partial charge in [0.25, 0.3) is 0 Å². The summed E-state index contributed by atoms with van der Waals surface area (Å²) in [5.74, 6) is 1.70. The molecule has 2 aromatic rings. The second kappa shape index (κ2) is 3.50. The number of hydrogen-bond donors (Lipinski definition) is 0. The Labute approximate surface area is 89.1 Å². The average Bonchev–Trinajstić information content (AvgIpc) is 2.16. The molecule has 78 valence electrons. The number of nitrogens with zero attached hydrogens (tertiary/aromatic N) is 2. The van der Waals surface area contributed by atoms with E-state index >= 15 is 0 Å². The third kappa shape index (κ3) is 1.65. The summed E-state index contributed by atoms with van der Waals surface area (Å²) in [4.78, 5) is 8.75. The van der Waals surface area contributed by atoms with Crippen LogP contribution in [0.15, 0.2) is 12.1 Å². The van der Waals surface area contributed by atoms with Crippen LogP contribution in [0.3, 0.4) is 0 Å². The first-order chi connectivity index (χ1) is 7.11. The SMILES string of the molecule is COc1cc2c(C)nc(C)nc2cc1C. The lowest BCUT2D eigenvalue weighted by molar-refractivity contribution is 0.412. The van der Waals surface area contributed by atoms with Gasteiger partial charge in [-0.1, -0.05) is 0 Å². The van der Waals surface area contributed by atoms with Gasteiger partial charge in [-0.3, -0.25) is 0 Å². The molecule has 0 aliphatic rings. The summed E-state index contributed by atoms with van der Waals surface area (Å²) in [5.41, 5.74) is 3.08. The zero-order valence-electron chi connectivity index (χ0n) is 9.46. The minimum absolute atomic E-state index is 0.810. The molecule has 2 rings (SSSR count). The molecule has 15 heavy (non-hydrogen) atoms. The molecule has 0 saturated carbocycles. The largest absolute Gasteiger partial charge is 0.496 e. The van der Waals surface area contributed by atoms with E-state index in [0.717, 1.165) is 33.7 Å². The molecule has 1 heterocycles. The molecule has 0 saturated heterocycles. The maximum atomic E-state index is 5.28. The molecule has 0 N–H and O–H groups in total. The molecule has 0 spiro atoms. The van der Waals surface area contributed by atoms with Gasteiger partial charge in [0, 0.05) is 11.1 Å². The van der Waals surface area contributed by atoms with E-state index in [1.807, 2.05) is 32.9 Å². The molecule has 0 amide bonds. The van der Waals surface area contributed by atoms with Crippen molar-refractivity contribution in [2.75, 3.05) is 7.11 Å².